The predicted octanol–water partition coefficient (Wildman–Crippen LogP) is 0.681. The molecular weight excluding hydrogens is 284 g/mol. The molecule has 0 amide bonds. The molecule has 3 rings (SSSR count). The van der Waals surface area contributed by atoms with Crippen molar-refractivity contribution in [2.75, 3.05) is 19.8 Å². The van der Waals surface area contributed by atoms with Crippen LogP contribution in [-0.4, -0.2) is 50.7 Å². The number of ether oxygens (including phenoxy) is 2. The minimum atomic E-state index is -0.990. The standard InChI is InChI=1S/C11H14N4O4S/c16-9(17)6-19-5-8-14-15-10(12-13-11(15)20-8)7-1-3-18-4-2-7/h7H,1-6H2,(H,16,17). The maximum Gasteiger partial charge on any atom is 0.329 e. The van der Waals surface area contributed by atoms with Crippen LogP contribution in [0.1, 0.15) is 29.6 Å². The van der Waals surface area contributed by atoms with Crippen molar-refractivity contribution in [3.8, 4) is 0 Å². The maximum absolute atomic E-state index is 10.4. The highest BCUT2D eigenvalue weighted by Crippen LogP contribution is 2.27. The van der Waals surface area contributed by atoms with E-state index in [0.29, 0.717) is 15.9 Å². The van der Waals surface area contributed by atoms with E-state index >= 15 is 0 Å². The Balaban J connectivity index is 1.74. The van der Waals surface area contributed by atoms with Gasteiger partial charge in [0.2, 0.25) is 4.96 Å². The summed E-state index contributed by atoms with van der Waals surface area (Å²) in [4.78, 5) is 11.1. The summed E-state index contributed by atoms with van der Waals surface area (Å²) in [6.07, 6.45) is 1.84. The minimum absolute atomic E-state index is 0.174. The molecule has 1 fully saturated rings. The second-order valence-electron chi connectivity index (χ2n) is 4.52. The summed E-state index contributed by atoms with van der Waals surface area (Å²) in [6, 6.07) is 0. The Labute approximate surface area is 118 Å². The van der Waals surface area contributed by atoms with E-state index in [1.165, 1.54) is 11.3 Å². The lowest BCUT2D eigenvalue weighted by Gasteiger charge is -2.19. The second kappa shape index (κ2) is 5.81. The van der Waals surface area contributed by atoms with Crippen LogP contribution in [0.5, 0.6) is 0 Å². The average Bonchev–Trinajstić information content (AvgIpc) is 2.99. The summed E-state index contributed by atoms with van der Waals surface area (Å²) < 4.78 is 12.1. The molecule has 1 aliphatic heterocycles. The first kappa shape index (κ1) is 13.4. The van der Waals surface area contributed by atoms with Crippen LogP contribution in [0.25, 0.3) is 4.96 Å². The fourth-order valence-corrected chi connectivity index (χ4v) is 2.94. The van der Waals surface area contributed by atoms with Crippen molar-refractivity contribution in [1.82, 2.24) is 19.8 Å². The van der Waals surface area contributed by atoms with E-state index in [2.05, 4.69) is 15.3 Å². The first-order valence-electron chi connectivity index (χ1n) is 6.32. The van der Waals surface area contributed by atoms with E-state index in [1.807, 2.05) is 0 Å². The number of rotatable bonds is 5. The van der Waals surface area contributed by atoms with E-state index in [1.54, 1.807) is 4.52 Å². The molecule has 0 unspecified atom stereocenters. The topological polar surface area (TPSA) is 98.8 Å². The molecule has 9 heteroatoms. The number of hydrogen-bond acceptors (Lipinski definition) is 7. The Kier molecular flexibility index (Phi) is 3.90. The lowest BCUT2D eigenvalue weighted by molar-refractivity contribution is -0.142. The molecule has 0 bridgehead atoms. The Hall–Kier alpha value is -1.58. The number of carboxylic acid groups (broad SMARTS) is 1. The van der Waals surface area contributed by atoms with Crippen molar-refractivity contribution in [1.29, 1.82) is 0 Å². The van der Waals surface area contributed by atoms with Gasteiger partial charge < -0.3 is 14.6 Å². The van der Waals surface area contributed by atoms with Crippen LogP contribution >= 0.6 is 11.3 Å². The summed E-state index contributed by atoms with van der Waals surface area (Å²) in [6.45, 7) is 1.32. The predicted molar refractivity (Wildman–Crippen MR) is 68.7 cm³/mol. The molecule has 2 aromatic rings. The van der Waals surface area contributed by atoms with E-state index in [4.69, 9.17) is 14.6 Å². The number of carbonyl (C=O) groups is 1. The number of aromatic nitrogens is 4. The molecule has 0 saturated carbocycles. The number of aliphatic carboxylic acids is 1. The van der Waals surface area contributed by atoms with Crippen molar-refractivity contribution in [3.63, 3.8) is 0 Å². The van der Waals surface area contributed by atoms with Crippen LogP contribution < -0.4 is 0 Å². The number of carboxylic acids is 1. The third-order valence-corrected chi connectivity index (χ3v) is 3.97. The zero-order valence-electron chi connectivity index (χ0n) is 10.7. The minimum Gasteiger partial charge on any atom is -0.480 e. The van der Waals surface area contributed by atoms with E-state index in [9.17, 15) is 4.79 Å². The summed E-state index contributed by atoms with van der Waals surface area (Å²) in [7, 11) is 0. The van der Waals surface area contributed by atoms with Crippen LogP contribution in [0.3, 0.4) is 0 Å². The van der Waals surface area contributed by atoms with E-state index in [-0.39, 0.29) is 13.2 Å². The Morgan fingerprint density at radius 2 is 2.25 bits per heavy atom. The van der Waals surface area contributed by atoms with Crippen LogP contribution in [0, 0.1) is 0 Å². The average molecular weight is 298 g/mol. The van der Waals surface area contributed by atoms with Crippen molar-refractivity contribution in [2.24, 2.45) is 0 Å². The lowest BCUT2D eigenvalue weighted by atomic mass is 10.00. The summed E-state index contributed by atoms with van der Waals surface area (Å²) >= 11 is 1.36. The molecule has 8 nitrogen and oxygen atoms in total. The number of nitrogens with zero attached hydrogens (tertiary/aromatic N) is 4. The molecule has 1 aliphatic rings. The molecule has 108 valence electrons. The largest absolute Gasteiger partial charge is 0.480 e. The van der Waals surface area contributed by atoms with Crippen molar-refractivity contribution in [2.45, 2.75) is 25.4 Å². The first-order valence-corrected chi connectivity index (χ1v) is 7.14. The van der Waals surface area contributed by atoms with E-state index < -0.39 is 5.97 Å². The molecule has 0 aromatic carbocycles. The number of fused-ring (bicyclic) bond motifs is 1. The van der Waals surface area contributed by atoms with Gasteiger partial charge in [-0.2, -0.15) is 9.61 Å². The van der Waals surface area contributed by atoms with Crippen LogP contribution in [-0.2, 0) is 20.9 Å². The Morgan fingerprint density at radius 1 is 1.45 bits per heavy atom. The van der Waals surface area contributed by atoms with Crippen LogP contribution in [0.2, 0.25) is 0 Å². The van der Waals surface area contributed by atoms with Gasteiger partial charge in [0.05, 0.1) is 0 Å². The van der Waals surface area contributed by atoms with Gasteiger partial charge in [-0.1, -0.05) is 11.3 Å². The zero-order valence-corrected chi connectivity index (χ0v) is 11.5. The second-order valence-corrected chi connectivity index (χ2v) is 5.56. The van der Waals surface area contributed by atoms with Crippen LogP contribution in [0.15, 0.2) is 0 Å². The van der Waals surface area contributed by atoms with Gasteiger partial charge in [-0.3, -0.25) is 0 Å². The van der Waals surface area contributed by atoms with Crippen molar-refractivity contribution in [3.05, 3.63) is 10.8 Å². The maximum atomic E-state index is 10.4. The van der Waals surface area contributed by atoms with E-state index in [0.717, 1.165) is 31.9 Å². The summed E-state index contributed by atoms with van der Waals surface area (Å²) in [5, 5.41) is 21.9. The lowest BCUT2D eigenvalue weighted by Crippen LogP contribution is -2.16. The first-order chi connectivity index (χ1) is 9.74. The smallest absolute Gasteiger partial charge is 0.329 e. The van der Waals surface area contributed by atoms with Crippen molar-refractivity contribution < 1.29 is 19.4 Å². The number of hydrogen-bond donors (Lipinski definition) is 1. The third kappa shape index (κ3) is 2.79. The van der Waals surface area contributed by atoms with Gasteiger partial charge in [0.15, 0.2) is 5.82 Å². The Bertz CT molecular complexity index is 605. The molecule has 20 heavy (non-hydrogen) atoms. The molecule has 0 spiro atoms. The molecule has 3 heterocycles. The molecule has 2 aromatic heterocycles. The molecule has 0 atom stereocenters. The molecule has 0 aliphatic carbocycles. The highest BCUT2D eigenvalue weighted by Gasteiger charge is 2.23. The van der Waals surface area contributed by atoms with Gasteiger partial charge in [-0.05, 0) is 12.8 Å². The molecule has 1 N–H and O–H groups in total. The van der Waals surface area contributed by atoms with Gasteiger partial charge in [0.25, 0.3) is 0 Å². The van der Waals surface area contributed by atoms with Gasteiger partial charge in [0.1, 0.15) is 18.2 Å². The summed E-state index contributed by atoms with van der Waals surface area (Å²) in [5.74, 6) is 0.175. The molecule has 1 saturated heterocycles. The Morgan fingerprint density at radius 3 is 3.00 bits per heavy atom. The fraction of sp³-hybridized carbons (Fsp3) is 0.636. The fourth-order valence-electron chi connectivity index (χ4n) is 2.17. The SMILES string of the molecule is O=C(O)COCc1nn2c(C3CCOCC3)nnc2s1. The van der Waals surface area contributed by atoms with Gasteiger partial charge in [0, 0.05) is 19.1 Å². The van der Waals surface area contributed by atoms with Gasteiger partial charge in [-0.15, -0.1) is 10.2 Å². The zero-order chi connectivity index (χ0) is 13.9. The van der Waals surface area contributed by atoms with Gasteiger partial charge >= 0.3 is 5.97 Å². The molecular formula is C11H14N4O4S. The van der Waals surface area contributed by atoms with Gasteiger partial charge in [-0.25, -0.2) is 4.79 Å². The summed E-state index contributed by atoms with van der Waals surface area (Å²) in [5.41, 5.74) is 0. The quantitative estimate of drug-likeness (QED) is 0.866. The third-order valence-electron chi connectivity index (χ3n) is 3.09. The van der Waals surface area contributed by atoms with Crippen LogP contribution in [0.4, 0.5) is 0 Å². The highest BCUT2D eigenvalue weighted by molar-refractivity contribution is 7.16. The monoisotopic (exact) mass is 298 g/mol. The molecule has 0 radical (unpaired) electrons. The van der Waals surface area contributed by atoms with Crippen molar-refractivity contribution >= 4 is 22.3 Å². The normalized spacial score (nSPS) is 16.8. The highest BCUT2D eigenvalue weighted by atomic mass is 32.1.